The van der Waals surface area contributed by atoms with Crippen LogP contribution in [0.25, 0.3) is 0 Å². The molecule has 0 spiro atoms. The van der Waals surface area contributed by atoms with Crippen molar-refractivity contribution in [3.8, 4) is 0 Å². The molecule has 1 N–H and O–H groups in total. The third-order valence-corrected chi connectivity index (χ3v) is 3.39. The number of hydrogen-bond acceptors (Lipinski definition) is 3. The van der Waals surface area contributed by atoms with Crippen LogP contribution in [-0.2, 0) is 12.8 Å². The number of aromatic nitrogens is 1. The number of nitrogens with zero attached hydrogens (tertiary/aromatic N) is 2. The monoisotopic (exact) mass is 234 g/mol. The lowest BCUT2D eigenvalue weighted by molar-refractivity contribution is 0.288. The lowest BCUT2D eigenvalue weighted by Gasteiger charge is -2.28. The van der Waals surface area contributed by atoms with Crippen LogP contribution in [0.2, 0.25) is 0 Å². The third-order valence-electron chi connectivity index (χ3n) is 3.39. The molecular weight excluding hydrogens is 212 g/mol. The van der Waals surface area contributed by atoms with Crippen molar-refractivity contribution in [2.24, 2.45) is 0 Å². The molecule has 0 radical (unpaired) electrons. The van der Waals surface area contributed by atoms with Gasteiger partial charge in [-0.15, -0.1) is 0 Å². The Balaban J connectivity index is 2.17. The van der Waals surface area contributed by atoms with E-state index in [9.17, 15) is 0 Å². The number of fused-ring (bicyclic) bond motifs is 1. The van der Waals surface area contributed by atoms with Crippen LogP contribution in [0.5, 0.6) is 0 Å². The highest BCUT2D eigenvalue weighted by Crippen LogP contribution is 2.24. The molecule has 1 aromatic heterocycles. The summed E-state index contributed by atoms with van der Waals surface area (Å²) in [6.07, 6.45) is 4.34. The standard InChI is InChI=1S/C14H22N2O/c1-11(2)16(9-4-10-17)14-8-7-12-5-3-6-13(12)15-14/h7-8,11,17H,3-6,9-10H2,1-2H3. The van der Waals surface area contributed by atoms with E-state index in [-0.39, 0.29) is 6.61 Å². The van der Waals surface area contributed by atoms with Gasteiger partial charge >= 0.3 is 0 Å². The van der Waals surface area contributed by atoms with E-state index in [4.69, 9.17) is 10.1 Å². The summed E-state index contributed by atoms with van der Waals surface area (Å²) in [5, 5.41) is 8.95. The van der Waals surface area contributed by atoms with E-state index in [0.717, 1.165) is 25.2 Å². The van der Waals surface area contributed by atoms with Crippen LogP contribution in [0.15, 0.2) is 12.1 Å². The van der Waals surface area contributed by atoms with E-state index in [0.29, 0.717) is 6.04 Å². The van der Waals surface area contributed by atoms with Crippen molar-refractivity contribution < 1.29 is 5.11 Å². The Morgan fingerprint density at radius 1 is 1.35 bits per heavy atom. The molecule has 0 saturated heterocycles. The molecule has 2 rings (SSSR count). The molecule has 1 aromatic rings. The number of pyridine rings is 1. The molecule has 1 aliphatic rings. The number of rotatable bonds is 5. The average molecular weight is 234 g/mol. The predicted molar refractivity (Wildman–Crippen MR) is 70.4 cm³/mol. The summed E-state index contributed by atoms with van der Waals surface area (Å²) in [4.78, 5) is 7.04. The maximum atomic E-state index is 8.95. The molecule has 0 unspecified atom stereocenters. The molecule has 0 aromatic carbocycles. The van der Waals surface area contributed by atoms with Crippen molar-refractivity contribution in [2.45, 2.75) is 45.6 Å². The first-order valence-corrected chi connectivity index (χ1v) is 6.58. The molecule has 17 heavy (non-hydrogen) atoms. The first-order chi connectivity index (χ1) is 8.22. The molecule has 94 valence electrons. The first-order valence-electron chi connectivity index (χ1n) is 6.58. The van der Waals surface area contributed by atoms with Crippen molar-refractivity contribution in [2.75, 3.05) is 18.1 Å². The van der Waals surface area contributed by atoms with Gasteiger partial charge in [0.25, 0.3) is 0 Å². The third kappa shape index (κ3) is 2.78. The highest BCUT2D eigenvalue weighted by molar-refractivity contribution is 5.43. The Labute approximate surface area is 103 Å². The van der Waals surface area contributed by atoms with Gasteiger partial charge in [-0.25, -0.2) is 4.98 Å². The maximum absolute atomic E-state index is 8.95. The summed E-state index contributed by atoms with van der Waals surface area (Å²) >= 11 is 0. The second kappa shape index (κ2) is 5.50. The number of aliphatic hydroxyl groups excluding tert-OH is 1. The van der Waals surface area contributed by atoms with Crippen LogP contribution in [0.4, 0.5) is 5.82 Å². The van der Waals surface area contributed by atoms with Gasteiger partial charge in [-0.3, -0.25) is 0 Å². The Bertz CT molecular complexity index is 376. The van der Waals surface area contributed by atoms with Crippen molar-refractivity contribution >= 4 is 5.82 Å². The Kier molecular flexibility index (Phi) is 4.00. The van der Waals surface area contributed by atoms with Crippen LogP contribution in [0.3, 0.4) is 0 Å². The molecule has 0 saturated carbocycles. The van der Waals surface area contributed by atoms with Crippen molar-refractivity contribution in [1.82, 2.24) is 4.98 Å². The highest BCUT2D eigenvalue weighted by Gasteiger charge is 2.16. The molecule has 0 aliphatic heterocycles. The lowest BCUT2D eigenvalue weighted by atomic mass is 10.2. The van der Waals surface area contributed by atoms with E-state index >= 15 is 0 Å². The zero-order valence-corrected chi connectivity index (χ0v) is 10.8. The van der Waals surface area contributed by atoms with Gasteiger partial charge in [-0.05, 0) is 51.2 Å². The normalized spacial score (nSPS) is 14.1. The summed E-state index contributed by atoms with van der Waals surface area (Å²) in [5.41, 5.74) is 2.69. The molecule has 1 aliphatic carbocycles. The minimum Gasteiger partial charge on any atom is -0.396 e. The van der Waals surface area contributed by atoms with Gasteiger partial charge in [0.1, 0.15) is 5.82 Å². The minimum atomic E-state index is 0.244. The number of aryl methyl sites for hydroxylation is 2. The quantitative estimate of drug-likeness (QED) is 0.848. The van der Waals surface area contributed by atoms with Gasteiger partial charge in [0.05, 0.1) is 0 Å². The molecule has 0 amide bonds. The summed E-state index contributed by atoms with van der Waals surface area (Å²) in [7, 11) is 0. The van der Waals surface area contributed by atoms with Crippen molar-refractivity contribution in [3.05, 3.63) is 23.4 Å². The molecule has 0 atom stereocenters. The first kappa shape index (κ1) is 12.4. The maximum Gasteiger partial charge on any atom is 0.129 e. The van der Waals surface area contributed by atoms with E-state index in [1.807, 2.05) is 0 Å². The van der Waals surface area contributed by atoms with Gasteiger partial charge < -0.3 is 10.0 Å². The topological polar surface area (TPSA) is 36.4 Å². The van der Waals surface area contributed by atoms with Gasteiger partial charge in [0, 0.05) is 24.9 Å². The largest absolute Gasteiger partial charge is 0.396 e. The zero-order chi connectivity index (χ0) is 12.3. The highest BCUT2D eigenvalue weighted by atomic mass is 16.3. The number of anilines is 1. The Hall–Kier alpha value is -1.09. The van der Waals surface area contributed by atoms with Gasteiger partial charge in [0.15, 0.2) is 0 Å². The smallest absolute Gasteiger partial charge is 0.129 e. The number of aliphatic hydroxyl groups is 1. The molecule has 0 fully saturated rings. The molecule has 1 heterocycles. The predicted octanol–water partition coefficient (Wildman–Crippen LogP) is 2.17. The fraction of sp³-hybridized carbons (Fsp3) is 0.643. The fourth-order valence-corrected chi connectivity index (χ4v) is 2.45. The molecular formula is C14H22N2O. The molecule has 0 bridgehead atoms. The number of hydrogen-bond donors (Lipinski definition) is 1. The Morgan fingerprint density at radius 3 is 2.88 bits per heavy atom. The van der Waals surface area contributed by atoms with E-state index in [2.05, 4.69) is 30.9 Å². The van der Waals surface area contributed by atoms with Crippen molar-refractivity contribution in [1.29, 1.82) is 0 Å². The average Bonchev–Trinajstić information content (AvgIpc) is 2.76. The van der Waals surface area contributed by atoms with E-state index < -0.39 is 0 Å². The lowest BCUT2D eigenvalue weighted by Crippen LogP contribution is -2.33. The van der Waals surface area contributed by atoms with Crippen LogP contribution in [-0.4, -0.2) is 29.3 Å². The summed E-state index contributed by atoms with van der Waals surface area (Å²) in [6.45, 7) is 5.46. The fourth-order valence-electron chi connectivity index (χ4n) is 2.45. The van der Waals surface area contributed by atoms with Crippen LogP contribution in [0.1, 0.15) is 37.9 Å². The van der Waals surface area contributed by atoms with Crippen molar-refractivity contribution in [3.63, 3.8) is 0 Å². The zero-order valence-electron chi connectivity index (χ0n) is 10.8. The second-order valence-corrected chi connectivity index (χ2v) is 4.99. The summed E-state index contributed by atoms with van der Waals surface area (Å²) in [5.74, 6) is 1.06. The summed E-state index contributed by atoms with van der Waals surface area (Å²) in [6, 6.07) is 4.77. The van der Waals surface area contributed by atoms with Crippen LogP contribution < -0.4 is 4.90 Å². The van der Waals surface area contributed by atoms with Gasteiger partial charge in [0.2, 0.25) is 0 Å². The van der Waals surface area contributed by atoms with E-state index in [1.165, 1.54) is 24.1 Å². The van der Waals surface area contributed by atoms with Crippen LogP contribution in [0, 0.1) is 0 Å². The molecule has 3 heteroatoms. The van der Waals surface area contributed by atoms with Crippen LogP contribution >= 0.6 is 0 Å². The molecule has 3 nitrogen and oxygen atoms in total. The SMILES string of the molecule is CC(C)N(CCCO)c1ccc2c(n1)CCC2. The van der Waals surface area contributed by atoms with Gasteiger partial charge in [-0.1, -0.05) is 6.07 Å². The second-order valence-electron chi connectivity index (χ2n) is 4.99. The Morgan fingerprint density at radius 2 is 2.18 bits per heavy atom. The summed E-state index contributed by atoms with van der Waals surface area (Å²) < 4.78 is 0. The minimum absolute atomic E-state index is 0.244. The van der Waals surface area contributed by atoms with Gasteiger partial charge in [-0.2, -0.15) is 0 Å². The van der Waals surface area contributed by atoms with E-state index in [1.54, 1.807) is 0 Å².